The lowest BCUT2D eigenvalue weighted by atomic mass is 9.88. The number of anilines is 1. The van der Waals surface area contributed by atoms with Gasteiger partial charge >= 0.3 is 0 Å². The maximum Gasteiger partial charge on any atom is 0.227 e. The van der Waals surface area contributed by atoms with Gasteiger partial charge in [-0.3, -0.25) is 14.7 Å². The fourth-order valence-corrected chi connectivity index (χ4v) is 5.84. The minimum Gasteiger partial charge on any atom is -0.494 e. The number of halogens is 1. The highest BCUT2D eigenvalue weighted by molar-refractivity contribution is 6.03. The Balaban J connectivity index is 1.34. The second-order valence-corrected chi connectivity index (χ2v) is 9.94. The van der Waals surface area contributed by atoms with E-state index in [1.807, 2.05) is 18.1 Å². The second kappa shape index (κ2) is 8.34. The van der Waals surface area contributed by atoms with Gasteiger partial charge in [-0.2, -0.15) is 0 Å². The zero-order valence-electron chi connectivity index (χ0n) is 19.7. The first kappa shape index (κ1) is 21.5. The van der Waals surface area contributed by atoms with E-state index in [2.05, 4.69) is 26.9 Å². The van der Waals surface area contributed by atoms with Gasteiger partial charge in [-0.1, -0.05) is 0 Å². The summed E-state index contributed by atoms with van der Waals surface area (Å²) in [5.41, 5.74) is 3.52. The molecular weight excluding hydrogens is 433 g/mol. The van der Waals surface area contributed by atoms with Crippen LogP contribution in [0.5, 0.6) is 5.75 Å². The number of ether oxygens (including phenoxy) is 1. The molecule has 8 heteroatoms. The molecule has 5 heterocycles. The predicted octanol–water partition coefficient (Wildman–Crippen LogP) is 3.42. The number of hydrogen-bond donors (Lipinski definition) is 0. The number of carbonyl (C=O) groups excluding carboxylic acids is 1. The first-order valence-electron chi connectivity index (χ1n) is 12.2. The first-order valence-corrected chi connectivity index (χ1v) is 12.2. The van der Waals surface area contributed by atoms with E-state index in [9.17, 15) is 9.18 Å². The van der Waals surface area contributed by atoms with Crippen molar-refractivity contribution in [2.24, 2.45) is 16.8 Å². The molecule has 0 spiro atoms. The van der Waals surface area contributed by atoms with E-state index in [0.29, 0.717) is 18.9 Å². The number of rotatable bonds is 4. The number of pyridine rings is 1. The van der Waals surface area contributed by atoms with E-state index in [0.717, 1.165) is 60.9 Å². The lowest BCUT2D eigenvalue weighted by Crippen LogP contribution is -2.42. The number of benzene rings is 1. The Morgan fingerprint density at radius 3 is 2.71 bits per heavy atom. The summed E-state index contributed by atoms with van der Waals surface area (Å²) >= 11 is 0. The van der Waals surface area contributed by atoms with Gasteiger partial charge in [0.25, 0.3) is 0 Å². The van der Waals surface area contributed by atoms with Crippen molar-refractivity contribution >= 4 is 23.1 Å². The highest BCUT2D eigenvalue weighted by atomic mass is 19.1. The molecule has 178 valence electrons. The van der Waals surface area contributed by atoms with Crippen molar-refractivity contribution in [3.63, 3.8) is 0 Å². The average Bonchev–Trinajstić information content (AvgIpc) is 3.25. The molecule has 3 saturated heterocycles. The third kappa shape index (κ3) is 3.55. The number of hydrogen-bond acceptors (Lipinski definition) is 6. The zero-order valence-corrected chi connectivity index (χ0v) is 19.7. The van der Waals surface area contributed by atoms with Gasteiger partial charge in [0.2, 0.25) is 5.91 Å². The number of amides is 1. The maximum atomic E-state index is 14.8. The van der Waals surface area contributed by atoms with E-state index in [4.69, 9.17) is 9.73 Å². The van der Waals surface area contributed by atoms with Crippen LogP contribution in [0.25, 0.3) is 0 Å². The molecule has 0 bridgehead atoms. The van der Waals surface area contributed by atoms with Crippen molar-refractivity contribution in [3.05, 3.63) is 47.4 Å². The molecule has 4 aliphatic heterocycles. The Morgan fingerprint density at radius 1 is 1.15 bits per heavy atom. The number of methoxy groups -OCH3 is 1. The van der Waals surface area contributed by atoms with Crippen LogP contribution >= 0.6 is 0 Å². The van der Waals surface area contributed by atoms with Crippen LogP contribution in [-0.4, -0.2) is 73.3 Å². The summed E-state index contributed by atoms with van der Waals surface area (Å²) in [6.45, 7) is 4.47. The summed E-state index contributed by atoms with van der Waals surface area (Å²) < 4.78 is 20.0. The smallest absolute Gasteiger partial charge is 0.227 e. The molecule has 2 aromatic rings. The molecule has 34 heavy (non-hydrogen) atoms. The van der Waals surface area contributed by atoms with Gasteiger partial charge in [-0.05, 0) is 42.5 Å². The van der Waals surface area contributed by atoms with Crippen molar-refractivity contribution in [1.82, 2.24) is 14.8 Å². The molecule has 4 aliphatic rings. The monoisotopic (exact) mass is 463 g/mol. The average molecular weight is 464 g/mol. The van der Waals surface area contributed by atoms with E-state index < -0.39 is 0 Å². The number of aliphatic imine (C=N–C) groups is 1. The van der Waals surface area contributed by atoms with Crippen molar-refractivity contribution in [1.29, 1.82) is 0 Å². The number of aromatic nitrogens is 1. The van der Waals surface area contributed by atoms with Gasteiger partial charge in [0, 0.05) is 70.1 Å². The Bertz CT molecular complexity index is 1150. The summed E-state index contributed by atoms with van der Waals surface area (Å²) in [6.07, 6.45) is 4.79. The summed E-state index contributed by atoms with van der Waals surface area (Å²) in [4.78, 5) is 28.9. The lowest BCUT2D eigenvalue weighted by Gasteiger charge is -2.33. The summed E-state index contributed by atoms with van der Waals surface area (Å²) in [5, 5.41) is 0. The van der Waals surface area contributed by atoms with Gasteiger partial charge in [0.05, 0.1) is 24.4 Å². The lowest BCUT2D eigenvalue weighted by molar-refractivity contribution is -0.137. The quantitative estimate of drug-likeness (QED) is 0.696. The number of likely N-dealkylation sites (tertiary alicyclic amines) is 2. The van der Waals surface area contributed by atoms with Crippen LogP contribution in [0.2, 0.25) is 0 Å². The Kier molecular flexibility index (Phi) is 5.28. The third-order valence-corrected chi connectivity index (χ3v) is 8.00. The van der Waals surface area contributed by atoms with Crippen LogP contribution < -0.4 is 9.64 Å². The first-order chi connectivity index (χ1) is 16.5. The molecule has 0 aliphatic carbocycles. The van der Waals surface area contributed by atoms with Crippen molar-refractivity contribution < 1.29 is 13.9 Å². The van der Waals surface area contributed by atoms with Crippen molar-refractivity contribution in [3.8, 4) is 5.75 Å². The highest BCUT2D eigenvalue weighted by Gasteiger charge is 2.45. The molecule has 0 radical (unpaired) electrons. The topological polar surface area (TPSA) is 61.3 Å². The van der Waals surface area contributed by atoms with Gasteiger partial charge in [0.15, 0.2) is 11.6 Å². The maximum absolute atomic E-state index is 14.8. The minimum absolute atomic E-state index is 0.0186. The standard InChI is InChI=1S/C26H30FN5O2/c1-30-9-6-17-14-32(15-19(17)26(30)33)23-11-21(16-4-5-25(28-13-16)31-7-3-8-31)29-22-12-24(34-2)20(27)10-18(22)23/h4-5,10,12-13,17,19,23H,3,6-9,11,14-15H2,1-2H3. The Morgan fingerprint density at radius 2 is 2.00 bits per heavy atom. The molecule has 1 aromatic heterocycles. The number of fused-ring (bicyclic) bond motifs is 2. The van der Waals surface area contributed by atoms with Crippen LogP contribution in [0.15, 0.2) is 35.5 Å². The minimum atomic E-state index is -0.377. The molecular formula is C26H30FN5O2. The second-order valence-electron chi connectivity index (χ2n) is 9.94. The van der Waals surface area contributed by atoms with Crippen LogP contribution in [-0.2, 0) is 4.79 Å². The van der Waals surface area contributed by atoms with Crippen molar-refractivity contribution in [2.45, 2.75) is 25.3 Å². The van der Waals surface area contributed by atoms with Crippen molar-refractivity contribution in [2.75, 3.05) is 51.8 Å². The normalized spacial score (nSPS) is 26.6. The Hall–Kier alpha value is -3.00. The number of nitrogens with zero attached hydrogens (tertiary/aromatic N) is 5. The molecule has 6 rings (SSSR count). The fraction of sp³-hybridized carbons (Fsp3) is 0.500. The van der Waals surface area contributed by atoms with Crippen LogP contribution in [0.4, 0.5) is 15.9 Å². The summed E-state index contributed by atoms with van der Waals surface area (Å²) in [5.74, 6) is 1.42. The molecule has 1 amide bonds. The van der Waals surface area contributed by atoms with Crippen LogP contribution in [0.3, 0.4) is 0 Å². The molecule has 7 nitrogen and oxygen atoms in total. The van der Waals surface area contributed by atoms with E-state index in [-0.39, 0.29) is 29.4 Å². The number of piperidine rings is 1. The van der Waals surface area contributed by atoms with E-state index in [1.165, 1.54) is 13.5 Å². The highest BCUT2D eigenvalue weighted by Crippen LogP contribution is 2.44. The van der Waals surface area contributed by atoms with Crippen LogP contribution in [0.1, 0.15) is 36.4 Å². The number of carbonyl (C=O) groups is 1. The Labute approximate surface area is 199 Å². The summed E-state index contributed by atoms with van der Waals surface area (Å²) in [7, 11) is 3.36. The largest absolute Gasteiger partial charge is 0.494 e. The SMILES string of the molecule is COc1cc2c(cc1F)C(N1CC3CCN(C)C(=O)C3C1)CC(c1ccc(N3CCC3)nc1)=N2. The molecule has 3 fully saturated rings. The molecule has 1 aromatic carbocycles. The molecule has 0 N–H and O–H groups in total. The van der Waals surface area contributed by atoms with Gasteiger partial charge in [-0.25, -0.2) is 9.37 Å². The fourth-order valence-electron chi connectivity index (χ4n) is 5.84. The summed E-state index contributed by atoms with van der Waals surface area (Å²) in [6, 6.07) is 7.37. The van der Waals surface area contributed by atoms with E-state index in [1.54, 1.807) is 12.1 Å². The third-order valence-electron chi connectivity index (χ3n) is 8.00. The van der Waals surface area contributed by atoms with Gasteiger partial charge < -0.3 is 14.5 Å². The van der Waals surface area contributed by atoms with Gasteiger partial charge in [0.1, 0.15) is 5.82 Å². The van der Waals surface area contributed by atoms with E-state index >= 15 is 0 Å². The molecule has 3 atom stereocenters. The predicted molar refractivity (Wildman–Crippen MR) is 128 cm³/mol. The van der Waals surface area contributed by atoms with Gasteiger partial charge in [-0.15, -0.1) is 0 Å². The molecule has 3 unspecified atom stereocenters. The molecule has 0 saturated carbocycles. The zero-order chi connectivity index (χ0) is 23.4. The van der Waals surface area contributed by atoms with Crippen LogP contribution in [0, 0.1) is 17.7 Å².